The lowest BCUT2D eigenvalue weighted by Gasteiger charge is -2.35. The SMILES string of the molecule is CCNC(=NCc1cc(OC)ccc1OC(F)F)NCC1CCCN(C(C)C)C1. The first-order chi connectivity index (χ1) is 13.9. The minimum absolute atomic E-state index is 0.111. The molecule has 0 spiro atoms. The summed E-state index contributed by atoms with van der Waals surface area (Å²) in [7, 11) is 1.53. The Morgan fingerprint density at radius 2 is 2.10 bits per heavy atom. The van der Waals surface area contributed by atoms with E-state index in [1.807, 2.05) is 6.92 Å². The Balaban J connectivity index is 2.03. The highest BCUT2D eigenvalue weighted by Crippen LogP contribution is 2.26. The number of halogens is 2. The molecule has 0 radical (unpaired) electrons. The van der Waals surface area contributed by atoms with E-state index >= 15 is 0 Å². The number of benzene rings is 1. The Morgan fingerprint density at radius 3 is 2.76 bits per heavy atom. The van der Waals surface area contributed by atoms with Gasteiger partial charge < -0.3 is 25.0 Å². The molecule has 29 heavy (non-hydrogen) atoms. The van der Waals surface area contributed by atoms with Crippen LogP contribution in [0.1, 0.15) is 39.2 Å². The molecule has 0 saturated carbocycles. The largest absolute Gasteiger partial charge is 0.497 e. The molecule has 0 bridgehead atoms. The molecule has 2 N–H and O–H groups in total. The fourth-order valence-electron chi connectivity index (χ4n) is 3.50. The van der Waals surface area contributed by atoms with Crippen LogP contribution in [0.25, 0.3) is 0 Å². The van der Waals surface area contributed by atoms with E-state index < -0.39 is 6.61 Å². The van der Waals surface area contributed by atoms with E-state index in [-0.39, 0.29) is 12.3 Å². The highest BCUT2D eigenvalue weighted by Gasteiger charge is 2.21. The van der Waals surface area contributed by atoms with Gasteiger partial charge in [0.05, 0.1) is 13.7 Å². The van der Waals surface area contributed by atoms with Crippen LogP contribution in [0, 0.1) is 5.92 Å². The number of methoxy groups -OCH3 is 1. The van der Waals surface area contributed by atoms with Crippen LogP contribution in [-0.2, 0) is 6.54 Å². The average Bonchev–Trinajstić information content (AvgIpc) is 2.70. The minimum atomic E-state index is -2.88. The summed E-state index contributed by atoms with van der Waals surface area (Å²) >= 11 is 0. The van der Waals surface area contributed by atoms with Crippen molar-refractivity contribution in [2.45, 2.75) is 52.8 Å². The summed E-state index contributed by atoms with van der Waals surface area (Å²) in [6.45, 7) is 7.56. The second-order valence-corrected chi connectivity index (χ2v) is 7.53. The Morgan fingerprint density at radius 1 is 1.31 bits per heavy atom. The van der Waals surface area contributed by atoms with Gasteiger partial charge in [-0.3, -0.25) is 0 Å². The van der Waals surface area contributed by atoms with Crippen LogP contribution in [0.5, 0.6) is 11.5 Å². The second-order valence-electron chi connectivity index (χ2n) is 7.53. The monoisotopic (exact) mass is 412 g/mol. The lowest BCUT2D eigenvalue weighted by atomic mass is 9.97. The number of alkyl halides is 2. The zero-order chi connectivity index (χ0) is 21.2. The second kappa shape index (κ2) is 11.8. The number of aliphatic imine (C=N–C) groups is 1. The minimum Gasteiger partial charge on any atom is -0.497 e. The lowest BCUT2D eigenvalue weighted by molar-refractivity contribution is -0.0504. The summed E-state index contributed by atoms with van der Waals surface area (Å²) in [5.74, 6) is 1.91. The Bertz CT molecular complexity index is 656. The van der Waals surface area contributed by atoms with Crippen molar-refractivity contribution in [2.24, 2.45) is 10.9 Å². The number of rotatable bonds is 9. The summed E-state index contributed by atoms with van der Waals surface area (Å²) in [6.07, 6.45) is 2.40. The number of likely N-dealkylation sites (tertiary alicyclic amines) is 1. The topological polar surface area (TPSA) is 58.1 Å². The molecule has 6 nitrogen and oxygen atoms in total. The summed E-state index contributed by atoms with van der Waals surface area (Å²) in [4.78, 5) is 7.07. The van der Waals surface area contributed by atoms with E-state index in [2.05, 4.69) is 39.1 Å². The maximum atomic E-state index is 12.7. The van der Waals surface area contributed by atoms with E-state index in [1.165, 1.54) is 26.0 Å². The van der Waals surface area contributed by atoms with E-state index in [1.54, 1.807) is 12.1 Å². The highest BCUT2D eigenvalue weighted by molar-refractivity contribution is 5.79. The van der Waals surface area contributed by atoms with Gasteiger partial charge in [0.15, 0.2) is 5.96 Å². The third kappa shape index (κ3) is 7.68. The van der Waals surface area contributed by atoms with Crippen molar-refractivity contribution in [2.75, 3.05) is 33.3 Å². The predicted molar refractivity (Wildman–Crippen MR) is 112 cm³/mol. The standard InChI is InChI=1S/C21H34F2N4O2/c1-5-24-21(25-12-16-7-6-10-27(14-16)15(2)3)26-13-17-11-18(28-4)8-9-19(17)29-20(22)23/h8-9,11,15-16,20H,5-7,10,12-14H2,1-4H3,(H2,24,25,26). The van der Waals surface area contributed by atoms with Crippen molar-refractivity contribution in [1.29, 1.82) is 0 Å². The van der Waals surface area contributed by atoms with Gasteiger partial charge in [-0.1, -0.05) is 0 Å². The zero-order valence-electron chi connectivity index (χ0n) is 17.9. The van der Waals surface area contributed by atoms with Crippen molar-refractivity contribution in [3.63, 3.8) is 0 Å². The molecule has 1 unspecified atom stereocenters. The molecule has 1 aromatic carbocycles. The van der Waals surface area contributed by atoms with Crippen molar-refractivity contribution in [1.82, 2.24) is 15.5 Å². The molecule has 0 aliphatic carbocycles. The summed E-state index contributed by atoms with van der Waals surface area (Å²) in [5, 5.41) is 6.62. The molecule has 1 saturated heterocycles. The Kier molecular flexibility index (Phi) is 9.44. The molecule has 1 fully saturated rings. The van der Waals surface area contributed by atoms with Crippen LogP contribution in [0.4, 0.5) is 8.78 Å². The molecule has 164 valence electrons. The molecule has 8 heteroatoms. The Hall–Kier alpha value is -2.09. The van der Waals surface area contributed by atoms with Gasteiger partial charge >= 0.3 is 6.61 Å². The Labute approximate surface area is 172 Å². The lowest BCUT2D eigenvalue weighted by Crippen LogP contribution is -2.46. The van der Waals surface area contributed by atoms with Crippen LogP contribution in [0.15, 0.2) is 23.2 Å². The number of ether oxygens (including phenoxy) is 2. The van der Waals surface area contributed by atoms with Crippen LogP contribution >= 0.6 is 0 Å². The fraction of sp³-hybridized carbons (Fsp3) is 0.667. The average molecular weight is 413 g/mol. The van der Waals surface area contributed by atoms with Crippen LogP contribution in [0.3, 0.4) is 0 Å². The number of nitrogens with one attached hydrogen (secondary N) is 2. The van der Waals surface area contributed by atoms with Crippen LogP contribution in [0.2, 0.25) is 0 Å². The van der Waals surface area contributed by atoms with Gasteiger partial charge in [-0.15, -0.1) is 0 Å². The highest BCUT2D eigenvalue weighted by atomic mass is 19.3. The van der Waals surface area contributed by atoms with Gasteiger partial charge in [-0.25, -0.2) is 4.99 Å². The quantitative estimate of drug-likeness (QED) is 0.480. The molecular weight excluding hydrogens is 378 g/mol. The number of guanidine groups is 1. The summed E-state index contributed by atoms with van der Waals surface area (Å²) < 4.78 is 35.2. The first kappa shape index (κ1) is 23.2. The fourth-order valence-corrected chi connectivity index (χ4v) is 3.50. The summed E-state index contributed by atoms with van der Waals surface area (Å²) in [6, 6.07) is 5.31. The molecule has 1 atom stereocenters. The van der Waals surface area contributed by atoms with Crippen LogP contribution < -0.4 is 20.1 Å². The van der Waals surface area contributed by atoms with Gasteiger partial charge in [0.25, 0.3) is 0 Å². The molecule has 1 aliphatic heterocycles. The third-order valence-corrected chi connectivity index (χ3v) is 5.07. The third-order valence-electron chi connectivity index (χ3n) is 5.07. The van der Waals surface area contributed by atoms with E-state index in [4.69, 9.17) is 4.74 Å². The van der Waals surface area contributed by atoms with Gasteiger partial charge in [0.2, 0.25) is 0 Å². The maximum absolute atomic E-state index is 12.7. The normalized spacial score (nSPS) is 18.2. The van der Waals surface area contributed by atoms with Gasteiger partial charge in [0.1, 0.15) is 11.5 Å². The van der Waals surface area contributed by atoms with Gasteiger partial charge in [-0.2, -0.15) is 8.78 Å². The number of hydrogen-bond donors (Lipinski definition) is 2. The smallest absolute Gasteiger partial charge is 0.387 e. The number of nitrogens with zero attached hydrogens (tertiary/aromatic N) is 2. The van der Waals surface area contributed by atoms with Crippen molar-refractivity contribution in [3.05, 3.63) is 23.8 Å². The zero-order valence-corrected chi connectivity index (χ0v) is 17.9. The number of hydrogen-bond acceptors (Lipinski definition) is 4. The van der Waals surface area contributed by atoms with E-state index in [0.717, 1.165) is 19.6 Å². The van der Waals surface area contributed by atoms with E-state index in [9.17, 15) is 8.78 Å². The molecule has 1 aliphatic rings. The predicted octanol–water partition coefficient (Wildman–Crippen LogP) is 3.47. The number of piperidine rings is 1. The molecule has 1 heterocycles. The molecule has 0 aromatic heterocycles. The molecule has 0 amide bonds. The maximum Gasteiger partial charge on any atom is 0.387 e. The summed E-state index contributed by atoms with van der Waals surface area (Å²) in [5.41, 5.74) is 0.547. The van der Waals surface area contributed by atoms with Gasteiger partial charge in [0, 0.05) is 31.2 Å². The van der Waals surface area contributed by atoms with E-state index in [0.29, 0.717) is 35.8 Å². The van der Waals surface area contributed by atoms with Gasteiger partial charge in [-0.05, 0) is 64.3 Å². The van der Waals surface area contributed by atoms with Crippen molar-refractivity contribution < 1.29 is 18.3 Å². The first-order valence-corrected chi connectivity index (χ1v) is 10.3. The van der Waals surface area contributed by atoms with Crippen molar-refractivity contribution >= 4 is 5.96 Å². The molecular formula is C21H34F2N4O2. The molecule has 2 rings (SSSR count). The first-order valence-electron chi connectivity index (χ1n) is 10.3. The van der Waals surface area contributed by atoms with Crippen LogP contribution in [-0.4, -0.2) is 56.8 Å². The van der Waals surface area contributed by atoms with Crippen molar-refractivity contribution in [3.8, 4) is 11.5 Å². The molecule has 1 aromatic rings.